The largest absolute Gasteiger partial charge is 0.398 e. The van der Waals surface area contributed by atoms with Gasteiger partial charge >= 0.3 is 0 Å². The number of benzene rings is 2. The Balaban J connectivity index is 1.69. The summed E-state index contributed by atoms with van der Waals surface area (Å²) < 4.78 is 0. The predicted molar refractivity (Wildman–Crippen MR) is 88.8 cm³/mol. The Kier molecular flexibility index (Phi) is 2.27. The van der Waals surface area contributed by atoms with Gasteiger partial charge in [-0.2, -0.15) is 0 Å². The van der Waals surface area contributed by atoms with Crippen molar-refractivity contribution in [3.05, 3.63) is 53.6 Å². The van der Waals surface area contributed by atoms with Crippen molar-refractivity contribution in [1.82, 2.24) is 0 Å². The molecule has 0 heterocycles. The fourth-order valence-electron chi connectivity index (χ4n) is 5.06. The van der Waals surface area contributed by atoms with Gasteiger partial charge in [0.2, 0.25) is 0 Å². The Bertz CT molecular complexity index is 850. The van der Waals surface area contributed by atoms with E-state index in [1.54, 1.807) is 0 Å². The minimum absolute atomic E-state index is 0.111. The Morgan fingerprint density at radius 2 is 2.09 bits per heavy atom. The number of carbonyl (C=O) groups is 1. The molecular formula is C20H19NO. The number of allylic oxidation sites excluding steroid dienone is 2. The summed E-state index contributed by atoms with van der Waals surface area (Å²) in [4.78, 5) is 13.3. The number of nitrogen functional groups attached to an aromatic ring is 1. The SMILES string of the molecule is Nc1cccc2cc3c(cc12)CCC1(CC2C=CC1C2)C3=O. The smallest absolute Gasteiger partial charge is 0.169 e. The van der Waals surface area contributed by atoms with E-state index in [4.69, 9.17) is 5.73 Å². The van der Waals surface area contributed by atoms with Crippen LogP contribution in [0, 0.1) is 17.3 Å². The lowest BCUT2D eigenvalue weighted by Crippen LogP contribution is -2.39. The van der Waals surface area contributed by atoms with Crippen LogP contribution in [0.15, 0.2) is 42.5 Å². The van der Waals surface area contributed by atoms with Crippen LogP contribution in [0.25, 0.3) is 10.8 Å². The second kappa shape index (κ2) is 4.01. The molecule has 5 rings (SSSR count). The number of carbonyl (C=O) groups excluding carboxylic acids is 1. The van der Waals surface area contributed by atoms with Crippen molar-refractivity contribution in [3.8, 4) is 0 Å². The van der Waals surface area contributed by atoms with E-state index in [2.05, 4.69) is 30.4 Å². The number of rotatable bonds is 0. The molecule has 2 bridgehead atoms. The molecule has 1 fully saturated rings. The zero-order chi connectivity index (χ0) is 14.9. The number of fused-ring (bicyclic) bond motifs is 5. The van der Waals surface area contributed by atoms with Crippen LogP contribution in [0.5, 0.6) is 0 Å². The number of nitrogens with two attached hydrogens (primary N) is 1. The predicted octanol–water partition coefficient (Wildman–Crippen LogP) is 4.13. The van der Waals surface area contributed by atoms with Crippen LogP contribution in [-0.2, 0) is 6.42 Å². The molecule has 3 atom stereocenters. The standard InChI is InChI=1S/C20H19NO/c21-18-3-1-2-13-10-17-14(9-16(13)18)6-7-20(19(17)22)11-12-4-5-15(20)8-12/h1-5,9-10,12,15H,6-8,11,21H2. The van der Waals surface area contributed by atoms with E-state index in [9.17, 15) is 4.79 Å². The summed E-state index contributed by atoms with van der Waals surface area (Å²) in [5.74, 6) is 1.48. The van der Waals surface area contributed by atoms with Gasteiger partial charge in [-0.05, 0) is 66.7 Å². The van der Waals surface area contributed by atoms with E-state index in [1.165, 1.54) is 12.0 Å². The molecule has 2 nitrogen and oxygen atoms in total. The zero-order valence-corrected chi connectivity index (χ0v) is 12.5. The second-order valence-electron chi connectivity index (χ2n) is 7.25. The fraction of sp³-hybridized carbons (Fsp3) is 0.350. The lowest BCUT2D eigenvalue weighted by atomic mass is 9.63. The zero-order valence-electron chi connectivity index (χ0n) is 12.5. The van der Waals surface area contributed by atoms with Crippen molar-refractivity contribution in [2.45, 2.75) is 25.7 Å². The second-order valence-corrected chi connectivity index (χ2v) is 7.25. The first-order valence-corrected chi connectivity index (χ1v) is 8.22. The lowest BCUT2D eigenvalue weighted by Gasteiger charge is -2.38. The molecule has 2 N–H and O–H groups in total. The van der Waals surface area contributed by atoms with Crippen LogP contribution in [0.1, 0.15) is 35.2 Å². The molecule has 0 aromatic heterocycles. The molecule has 2 aromatic rings. The molecule has 1 spiro atoms. The van der Waals surface area contributed by atoms with Crippen LogP contribution in [-0.4, -0.2) is 5.78 Å². The molecule has 1 saturated carbocycles. The maximum Gasteiger partial charge on any atom is 0.169 e. The molecule has 0 amide bonds. The molecule has 22 heavy (non-hydrogen) atoms. The van der Waals surface area contributed by atoms with Gasteiger partial charge in [-0.1, -0.05) is 24.3 Å². The van der Waals surface area contributed by atoms with Crippen LogP contribution in [0.3, 0.4) is 0 Å². The van der Waals surface area contributed by atoms with Gasteiger partial charge in [0.05, 0.1) is 0 Å². The van der Waals surface area contributed by atoms with Gasteiger partial charge in [-0.25, -0.2) is 0 Å². The Hall–Kier alpha value is -2.09. The topological polar surface area (TPSA) is 43.1 Å². The van der Waals surface area contributed by atoms with Crippen molar-refractivity contribution in [3.63, 3.8) is 0 Å². The summed E-state index contributed by atoms with van der Waals surface area (Å²) in [5, 5.41) is 2.17. The summed E-state index contributed by atoms with van der Waals surface area (Å²) in [6, 6.07) is 10.2. The Morgan fingerprint density at radius 1 is 1.18 bits per heavy atom. The van der Waals surface area contributed by atoms with Crippen molar-refractivity contribution in [1.29, 1.82) is 0 Å². The molecular weight excluding hydrogens is 270 g/mol. The summed E-state index contributed by atoms with van der Waals surface area (Å²) in [7, 11) is 0. The normalized spacial score (nSPS) is 32.1. The van der Waals surface area contributed by atoms with E-state index in [-0.39, 0.29) is 5.41 Å². The average molecular weight is 289 g/mol. The maximum absolute atomic E-state index is 13.3. The number of hydrogen-bond donors (Lipinski definition) is 1. The number of anilines is 1. The Morgan fingerprint density at radius 3 is 2.86 bits per heavy atom. The molecule has 110 valence electrons. The van der Waals surface area contributed by atoms with Gasteiger partial charge in [0, 0.05) is 22.1 Å². The molecule has 3 aliphatic carbocycles. The van der Waals surface area contributed by atoms with E-state index >= 15 is 0 Å². The van der Waals surface area contributed by atoms with Crippen LogP contribution in [0.4, 0.5) is 5.69 Å². The molecule has 2 aromatic carbocycles. The van der Waals surface area contributed by atoms with E-state index in [1.807, 2.05) is 12.1 Å². The molecule has 0 aliphatic heterocycles. The highest BCUT2D eigenvalue weighted by Gasteiger charge is 2.54. The average Bonchev–Trinajstić information content (AvgIpc) is 3.12. The molecule has 0 saturated heterocycles. The first kappa shape index (κ1) is 12.5. The fourth-order valence-corrected chi connectivity index (χ4v) is 5.06. The highest BCUT2D eigenvalue weighted by molar-refractivity contribution is 6.07. The van der Waals surface area contributed by atoms with Crippen LogP contribution < -0.4 is 5.73 Å². The lowest BCUT2D eigenvalue weighted by molar-refractivity contribution is 0.0703. The molecule has 0 radical (unpaired) electrons. The number of aryl methyl sites for hydroxylation is 1. The first-order chi connectivity index (χ1) is 10.7. The molecule has 2 heteroatoms. The third-order valence-electron chi connectivity index (χ3n) is 6.18. The minimum Gasteiger partial charge on any atom is -0.398 e. The Labute approximate surface area is 130 Å². The van der Waals surface area contributed by atoms with Crippen molar-refractivity contribution >= 4 is 22.2 Å². The number of Topliss-reactive ketones (excluding diaryl/α,β-unsaturated/α-hetero) is 1. The molecule has 3 aliphatic rings. The third-order valence-corrected chi connectivity index (χ3v) is 6.18. The molecule has 3 unspecified atom stereocenters. The number of ketones is 1. The van der Waals surface area contributed by atoms with Gasteiger partial charge in [-0.15, -0.1) is 0 Å². The maximum atomic E-state index is 13.3. The van der Waals surface area contributed by atoms with E-state index < -0.39 is 0 Å². The van der Waals surface area contributed by atoms with Gasteiger partial charge in [0.25, 0.3) is 0 Å². The van der Waals surface area contributed by atoms with E-state index in [0.29, 0.717) is 17.6 Å². The third kappa shape index (κ3) is 1.43. The summed E-state index contributed by atoms with van der Waals surface area (Å²) in [6.45, 7) is 0. The van der Waals surface area contributed by atoms with Crippen molar-refractivity contribution in [2.75, 3.05) is 5.73 Å². The van der Waals surface area contributed by atoms with Gasteiger partial charge in [0.1, 0.15) is 0 Å². The highest BCUT2D eigenvalue weighted by atomic mass is 16.1. The van der Waals surface area contributed by atoms with Crippen molar-refractivity contribution < 1.29 is 4.79 Å². The summed E-state index contributed by atoms with van der Waals surface area (Å²) in [6.07, 6.45) is 8.86. The van der Waals surface area contributed by atoms with Gasteiger partial charge < -0.3 is 5.73 Å². The number of hydrogen-bond acceptors (Lipinski definition) is 2. The summed E-state index contributed by atoms with van der Waals surface area (Å²) in [5.41, 5.74) is 8.92. The van der Waals surface area contributed by atoms with Gasteiger partial charge in [-0.3, -0.25) is 4.79 Å². The highest BCUT2D eigenvalue weighted by Crippen LogP contribution is 2.57. The monoisotopic (exact) mass is 289 g/mol. The minimum atomic E-state index is -0.111. The van der Waals surface area contributed by atoms with Crippen molar-refractivity contribution in [2.24, 2.45) is 17.3 Å². The van der Waals surface area contributed by atoms with Gasteiger partial charge in [0.15, 0.2) is 5.78 Å². The van der Waals surface area contributed by atoms with Crippen LogP contribution >= 0.6 is 0 Å². The first-order valence-electron chi connectivity index (χ1n) is 8.22. The quantitative estimate of drug-likeness (QED) is 0.585. The summed E-state index contributed by atoms with van der Waals surface area (Å²) >= 11 is 0. The van der Waals surface area contributed by atoms with Crippen LogP contribution in [0.2, 0.25) is 0 Å². The van der Waals surface area contributed by atoms with E-state index in [0.717, 1.165) is 41.3 Å².